The summed E-state index contributed by atoms with van der Waals surface area (Å²) in [6.45, 7) is 0. The summed E-state index contributed by atoms with van der Waals surface area (Å²) in [7, 11) is 0. The maximum atomic E-state index is 6.53. The van der Waals surface area contributed by atoms with Crippen LogP contribution in [-0.2, 0) is 0 Å². The maximum absolute atomic E-state index is 6.53. The summed E-state index contributed by atoms with van der Waals surface area (Å²) >= 11 is 0. The van der Waals surface area contributed by atoms with E-state index in [-0.39, 0.29) is 0 Å². The zero-order chi connectivity index (χ0) is 70.9. The van der Waals surface area contributed by atoms with Gasteiger partial charge in [-0.2, -0.15) is 4.80 Å². The number of hydrogen-bond acceptors (Lipinski definition) is 10. The van der Waals surface area contributed by atoms with E-state index in [0.717, 1.165) is 210 Å². The third-order valence-corrected chi connectivity index (χ3v) is 21.1. The highest BCUT2D eigenvalue weighted by atomic mass is 16.3. The van der Waals surface area contributed by atoms with Crippen LogP contribution in [0.5, 0.6) is 0 Å². The summed E-state index contributed by atoms with van der Waals surface area (Å²) in [4.78, 5) is 25.6. The van der Waals surface area contributed by atoms with Gasteiger partial charge in [-0.05, 0) is 157 Å². The minimum Gasteiger partial charge on any atom is -0.456 e. The van der Waals surface area contributed by atoms with Gasteiger partial charge in [0.15, 0.2) is 11.6 Å². The predicted octanol–water partition coefficient (Wildman–Crippen LogP) is 24.1. The second-order valence-corrected chi connectivity index (χ2v) is 27.4. The van der Waals surface area contributed by atoms with Gasteiger partial charge in [0.1, 0.15) is 44.4 Å². The number of furan rings is 2. The maximum Gasteiger partial charge on any atom is 0.160 e. The van der Waals surface area contributed by atoms with Crippen LogP contribution in [0, 0.1) is 0 Å². The first-order chi connectivity index (χ1) is 53.5. The Morgan fingerprint density at radius 3 is 1.37 bits per heavy atom. The molecular weight excluding hydrogens is 1330 g/mol. The molecule has 0 amide bonds. The van der Waals surface area contributed by atoms with Crippen molar-refractivity contribution < 1.29 is 8.83 Å². The van der Waals surface area contributed by atoms with Gasteiger partial charge in [-0.3, -0.25) is 0 Å². The van der Waals surface area contributed by atoms with Crippen molar-refractivity contribution in [3.63, 3.8) is 0 Å². The fraction of sp³-hybridized carbons (Fsp3) is 0. The Labute approximate surface area is 616 Å². The largest absolute Gasteiger partial charge is 0.456 e. The first-order valence-electron chi connectivity index (χ1n) is 36.0. The zero-order valence-electron chi connectivity index (χ0n) is 57.6. The standard InChI is InChI=1S/C96H56N10O2/c1-4-19-57(20-5-1)68-25-10-11-27-70(68)82-55-81(64-46-50-88-78(52-64)72-28-13-16-32-86(72)107-88)97-95(98-82)65-41-37-60-36-40-62-45-49-80-94(91(62)77(60)53-65)104-106(102-80)85-31-15-12-26-69(85)63-43-47-71(75(51-63)58-21-6-2-7-22-58)83-56-84(73-30-18-34-89-92(73)74-29-14-17-33-87(74)108-89)100-96(99-83)66-42-38-59-35-39-61-44-48-79-93(90(61)76(59)54-66)103-105(101-79)67-23-8-3-9-24-67/h1-56H. The number of rotatable bonds is 11. The van der Waals surface area contributed by atoms with Crippen molar-refractivity contribution in [1.29, 1.82) is 0 Å². The average Bonchev–Trinajstić information content (AvgIpc) is 1.78. The normalized spacial score (nSPS) is 11.9. The van der Waals surface area contributed by atoms with Gasteiger partial charge in [0.2, 0.25) is 0 Å². The number of fused-ring (bicyclic) bond motifs is 16. The number of benzene rings is 16. The van der Waals surface area contributed by atoms with E-state index in [9.17, 15) is 0 Å². The Hall–Kier alpha value is -14.9. The van der Waals surface area contributed by atoms with Crippen LogP contribution in [0.3, 0.4) is 0 Å². The molecular formula is C96H56N10O2. The third kappa shape index (κ3) is 10.1. The molecule has 6 aromatic heterocycles. The van der Waals surface area contributed by atoms with Crippen molar-refractivity contribution in [3.8, 4) is 113 Å². The van der Waals surface area contributed by atoms with Gasteiger partial charge in [-0.25, -0.2) is 19.9 Å². The molecule has 0 atom stereocenters. The molecule has 108 heavy (non-hydrogen) atoms. The van der Waals surface area contributed by atoms with E-state index < -0.39 is 0 Å². The van der Waals surface area contributed by atoms with Crippen LogP contribution in [0.25, 0.3) is 222 Å². The average molecular weight is 1380 g/mol. The molecule has 22 aromatic rings. The van der Waals surface area contributed by atoms with Crippen LogP contribution in [0.15, 0.2) is 349 Å². The molecule has 0 radical (unpaired) electrons. The molecule has 0 saturated heterocycles. The lowest BCUT2D eigenvalue weighted by Crippen LogP contribution is -2.01. The lowest BCUT2D eigenvalue weighted by atomic mass is 9.92. The topological polar surface area (TPSA) is 139 Å². The smallest absolute Gasteiger partial charge is 0.160 e. The quantitative estimate of drug-likeness (QED) is 0.115. The zero-order valence-corrected chi connectivity index (χ0v) is 57.6. The van der Waals surface area contributed by atoms with Crippen LogP contribution >= 0.6 is 0 Å². The van der Waals surface area contributed by atoms with Crippen LogP contribution in [0.2, 0.25) is 0 Å². The van der Waals surface area contributed by atoms with Crippen LogP contribution in [0.4, 0.5) is 0 Å². The van der Waals surface area contributed by atoms with Gasteiger partial charge in [0.25, 0.3) is 0 Å². The molecule has 12 nitrogen and oxygen atoms in total. The molecule has 0 aliphatic heterocycles. The van der Waals surface area contributed by atoms with E-state index in [1.54, 1.807) is 9.59 Å². The van der Waals surface area contributed by atoms with Crippen LogP contribution < -0.4 is 0 Å². The SMILES string of the molecule is c1ccc(-c2ccccc2-c2cc(-c3ccc4oc5ccccc5c4c3)nc(-c3ccc4ccc5ccc6nn(-c7ccccc7-c7ccc(-c8cc(-c9cccc%10oc%11ccccc%11c9%10)nc(-c9ccc%10ccc%11ccc%12nn(-c%13ccccc%13)nc%12c%11c%10c9)n8)c(-c8ccccc8)c7)nc6c5c4c3)n2)cc1. The highest BCUT2D eigenvalue weighted by molar-refractivity contribution is 6.21. The predicted molar refractivity (Wildman–Crippen MR) is 436 cm³/mol. The van der Waals surface area contributed by atoms with E-state index in [4.69, 9.17) is 49.2 Å². The summed E-state index contributed by atoms with van der Waals surface area (Å²) in [5.41, 5.74) is 22.9. The molecule has 22 rings (SSSR count). The van der Waals surface area contributed by atoms with E-state index in [1.165, 1.54) is 0 Å². The lowest BCUT2D eigenvalue weighted by Gasteiger charge is -2.16. The van der Waals surface area contributed by atoms with Gasteiger partial charge in [0.05, 0.1) is 34.2 Å². The second-order valence-electron chi connectivity index (χ2n) is 27.4. The molecule has 16 aromatic carbocycles. The van der Waals surface area contributed by atoms with E-state index in [1.807, 2.05) is 84.9 Å². The van der Waals surface area contributed by atoms with Crippen LogP contribution in [0.1, 0.15) is 0 Å². The summed E-state index contributed by atoms with van der Waals surface area (Å²) in [6, 6.07) is 118. The Balaban J connectivity index is 0.686. The molecule has 12 heteroatoms. The van der Waals surface area contributed by atoms with Crippen LogP contribution in [-0.4, -0.2) is 49.9 Å². The lowest BCUT2D eigenvalue weighted by molar-refractivity contribution is 0.668. The first-order valence-corrected chi connectivity index (χ1v) is 36.0. The highest BCUT2D eigenvalue weighted by Crippen LogP contribution is 2.45. The van der Waals surface area contributed by atoms with Gasteiger partial charge < -0.3 is 8.83 Å². The van der Waals surface area contributed by atoms with Gasteiger partial charge in [-0.15, -0.1) is 25.2 Å². The van der Waals surface area contributed by atoms with Crippen molar-refractivity contribution in [3.05, 3.63) is 340 Å². The Kier molecular flexibility index (Phi) is 13.7. The fourth-order valence-electron chi connectivity index (χ4n) is 15.9. The summed E-state index contributed by atoms with van der Waals surface area (Å²) in [5, 5.41) is 33.3. The summed E-state index contributed by atoms with van der Waals surface area (Å²) < 4.78 is 12.8. The summed E-state index contributed by atoms with van der Waals surface area (Å²) in [5.74, 6) is 1.17. The molecule has 6 heterocycles. The van der Waals surface area contributed by atoms with Gasteiger partial charge in [0, 0.05) is 71.3 Å². The molecule has 0 N–H and O–H groups in total. The number of para-hydroxylation sites is 4. The number of hydrogen-bond donors (Lipinski definition) is 0. The van der Waals surface area contributed by atoms with Crippen molar-refractivity contribution >= 4 is 109 Å². The Morgan fingerprint density at radius 2 is 0.676 bits per heavy atom. The minimum absolute atomic E-state index is 0.569. The third-order valence-electron chi connectivity index (χ3n) is 21.1. The van der Waals surface area contributed by atoms with Crippen molar-refractivity contribution in [2.75, 3.05) is 0 Å². The van der Waals surface area contributed by atoms with Gasteiger partial charge in [-0.1, -0.05) is 243 Å². The highest BCUT2D eigenvalue weighted by Gasteiger charge is 2.24. The molecule has 0 aliphatic rings. The molecule has 0 spiro atoms. The summed E-state index contributed by atoms with van der Waals surface area (Å²) in [6.07, 6.45) is 0. The Morgan fingerprint density at radius 1 is 0.222 bits per heavy atom. The van der Waals surface area contributed by atoms with Crippen molar-refractivity contribution in [1.82, 2.24) is 49.9 Å². The van der Waals surface area contributed by atoms with Crippen molar-refractivity contribution in [2.45, 2.75) is 0 Å². The molecule has 0 unspecified atom stereocenters. The molecule has 0 aliphatic carbocycles. The molecule has 0 bridgehead atoms. The molecule has 0 saturated carbocycles. The number of aromatic nitrogens is 10. The number of nitrogens with zero attached hydrogens (tertiary/aromatic N) is 10. The van der Waals surface area contributed by atoms with Gasteiger partial charge >= 0.3 is 0 Å². The van der Waals surface area contributed by atoms with E-state index in [0.29, 0.717) is 11.6 Å². The first kappa shape index (κ1) is 60.7. The van der Waals surface area contributed by atoms with E-state index in [2.05, 4.69) is 255 Å². The molecule has 502 valence electrons. The minimum atomic E-state index is 0.569. The van der Waals surface area contributed by atoms with Crippen molar-refractivity contribution in [2.24, 2.45) is 0 Å². The Bertz CT molecular complexity index is 7450. The fourth-order valence-corrected chi connectivity index (χ4v) is 15.9. The van der Waals surface area contributed by atoms with E-state index >= 15 is 0 Å². The molecule has 0 fully saturated rings. The monoisotopic (exact) mass is 1380 g/mol. The second kappa shape index (κ2) is 24.4.